The highest BCUT2D eigenvalue weighted by molar-refractivity contribution is 6.32. The molecule has 2 aromatic rings. The second-order valence-electron chi connectivity index (χ2n) is 7.10. The summed E-state index contributed by atoms with van der Waals surface area (Å²) in [4.78, 5) is 4.46. The van der Waals surface area contributed by atoms with Crippen molar-refractivity contribution in [3.8, 4) is 5.75 Å². The fourth-order valence-electron chi connectivity index (χ4n) is 3.37. The van der Waals surface area contributed by atoms with Crippen LogP contribution in [0.2, 0.25) is 5.02 Å². The van der Waals surface area contributed by atoms with Gasteiger partial charge in [-0.05, 0) is 61.4 Å². The molecule has 0 aliphatic carbocycles. The van der Waals surface area contributed by atoms with Gasteiger partial charge in [-0.1, -0.05) is 11.6 Å². The Morgan fingerprint density at radius 2 is 1.59 bits per heavy atom. The molecule has 0 bridgehead atoms. The molecule has 0 saturated carbocycles. The molecule has 2 aromatic carbocycles. The highest BCUT2D eigenvalue weighted by atomic mass is 35.5. The summed E-state index contributed by atoms with van der Waals surface area (Å²) >= 11 is 6.17. The molecule has 1 atom stereocenters. The Labute approximate surface area is 189 Å². The maximum Gasteiger partial charge on any atom is 0.123 e. The van der Waals surface area contributed by atoms with E-state index in [0.29, 0.717) is 6.54 Å². The van der Waals surface area contributed by atoms with Gasteiger partial charge in [0.25, 0.3) is 0 Å². The fourth-order valence-corrected chi connectivity index (χ4v) is 3.48. The van der Waals surface area contributed by atoms with Crippen LogP contribution in [0.3, 0.4) is 0 Å². The van der Waals surface area contributed by atoms with Gasteiger partial charge in [-0.2, -0.15) is 0 Å². The van der Waals surface area contributed by atoms with Crippen molar-refractivity contribution in [2.24, 2.45) is 0 Å². The first-order valence-corrected chi connectivity index (χ1v) is 9.60. The van der Waals surface area contributed by atoms with Gasteiger partial charge in [-0.25, -0.2) is 4.39 Å². The summed E-state index contributed by atoms with van der Waals surface area (Å²) in [5.74, 6) is 0.515. The third-order valence-corrected chi connectivity index (χ3v) is 5.48. The molecule has 1 heterocycles. The van der Waals surface area contributed by atoms with Gasteiger partial charge in [0, 0.05) is 43.4 Å². The molecule has 0 aromatic heterocycles. The highest BCUT2D eigenvalue weighted by Crippen LogP contribution is 2.26. The SMILES string of the molecule is Cc1cc(OCC(O)CN2CCN(c3ccc(F)cc3)CC2)cc(C)c1Cl.Cl.Cl. The molecular weight excluding hydrogens is 438 g/mol. The number of piperazine rings is 1. The lowest BCUT2D eigenvalue weighted by molar-refractivity contribution is 0.0663. The lowest BCUT2D eigenvalue weighted by Gasteiger charge is -2.36. The van der Waals surface area contributed by atoms with Crippen molar-refractivity contribution in [3.05, 3.63) is 58.4 Å². The van der Waals surface area contributed by atoms with Gasteiger partial charge in [-0.3, -0.25) is 4.90 Å². The van der Waals surface area contributed by atoms with E-state index in [9.17, 15) is 9.50 Å². The maximum atomic E-state index is 13.0. The van der Waals surface area contributed by atoms with Gasteiger partial charge >= 0.3 is 0 Å². The minimum absolute atomic E-state index is 0. The van der Waals surface area contributed by atoms with Gasteiger partial charge in [-0.15, -0.1) is 24.8 Å². The number of halogens is 4. The average molecular weight is 466 g/mol. The molecule has 4 nitrogen and oxygen atoms in total. The van der Waals surface area contributed by atoms with E-state index in [-0.39, 0.29) is 37.2 Å². The third-order valence-electron chi connectivity index (χ3n) is 4.89. The van der Waals surface area contributed by atoms with Gasteiger partial charge in [0.15, 0.2) is 0 Å². The number of anilines is 1. The number of β-amino-alcohol motifs (C(OH)–C–C–N with tert-alkyl or cyclic N) is 1. The number of rotatable bonds is 6. The minimum atomic E-state index is -0.557. The van der Waals surface area contributed by atoms with Crippen molar-refractivity contribution in [1.29, 1.82) is 0 Å². The summed E-state index contributed by atoms with van der Waals surface area (Å²) in [5, 5.41) is 11.1. The Morgan fingerprint density at radius 1 is 1.03 bits per heavy atom. The molecular formula is C21H28Cl3FN2O2. The summed E-state index contributed by atoms with van der Waals surface area (Å²) in [5.41, 5.74) is 2.98. The lowest BCUT2D eigenvalue weighted by Crippen LogP contribution is -2.49. The molecule has 1 unspecified atom stereocenters. The number of nitrogens with zero attached hydrogens (tertiary/aromatic N) is 2. The Bertz CT molecular complexity index is 746. The summed E-state index contributed by atoms with van der Waals surface area (Å²) in [7, 11) is 0. The van der Waals surface area contributed by atoms with Crippen molar-refractivity contribution < 1.29 is 14.2 Å². The van der Waals surface area contributed by atoms with Crippen LogP contribution in [-0.2, 0) is 0 Å². The minimum Gasteiger partial charge on any atom is -0.491 e. The first-order valence-electron chi connectivity index (χ1n) is 9.23. The Morgan fingerprint density at radius 3 is 2.14 bits per heavy atom. The molecule has 29 heavy (non-hydrogen) atoms. The van der Waals surface area contributed by atoms with Crippen molar-refractivity contribution in [3.63, 3.8) is 0 Å². The largest absolute Gasteiger partial charge is 0.491 e. The van der Waals surface area contributed by atoms with E-state index in [4.69, 9.17) is 16.3 Å². The van der Waals surface area contributed by atoms with E-state index in [1.807, 2.05) is 38.1 Å². The van der Waals surface area contributed by atoms with Gasteiger partial charge < -0.3 is 14.7 Å². The maximum absolute atomic E-state index is 13.0. The summed E-state index contributed by atoms with van der Waals surface area (Å²) in [6, 6.07) is 10.4. The first kappa shape index (κ1) is 25.8. The molecule has 1 aliphatic rings. The van der Waals surface area contributed by atoms with Crippen LogP contribution in [0, 0.1) is 19.7 Å². The van der Waals surface area contributed by atoms with Crippen LogP contribution in [0.5, 0.6) is 5.75 Å². The number of benzene rings is 2. The number of hydrogen-bond donors (Lipinski definition) is 1. The molecule has 0 spiro atoms. The Hall–Kier alpha value is -1.24. The van der Waals surface area contributed by atoms with Gasteiger partial charge in [0.1, 0.15) is 24.3 Å². The summed E-state index contributed by atoms with van der Waals surface area (Å²) in [6.07, 6.45) is -0.557. The molecule has 8 heteroatoms. The van der Waals surface area contributed by atoms with Crippen molar-refractivity contribution in [2.75, 3.05) is 44.2 Å². The molecule has 0 radical (unpaired) electrons. The molecule has 1 aliphatic heterocycles. The standard InChI is InChI=1S/C21H26ClFN2O2.2ClH/c1-15-11-20(12-16(2)21(15)22)27-14-19(26)13-24-7-9-25(10-8-24)18-5-3-17(23)4-6-18;;/h3-6,11-12,19,26H,7-10,13-14H2,1-2H3;2*1H. The van der Waals surface area contributed by atoms with E-state index in [2.05, 4.69) is 9.80 Å². The van der Waals surface area contributed by atoms with Crippen molar-refractivity contribution in [2.45, 2.75) is 20.0 Å². The predicted octanol–water partition coefficient (Wildman–Crippen LogP) is 4.50. The number of aryl methyl sites for hydroxylation is 2. The number of ether oxygens (including phenoxy) is 1. The van der Waals surface area contributed by atoms with Crippen LogP contribution < -0.4 is 9.64 Å². The lowest BCUT2D eigenvalue weighted by atomic mass is 10.1. The number of aliphatic hydroxyl groups excluding tert-OH is 1. The van der Waals surface area contributed by atoms with Crippen molar-refractivity contribution >= 4 is 42.1 Å². The number of aliphatic hydroxyl groups is 1. The topological polar surface area (TPSA) is 35.9 Å². The highest BCUT2D eigenvalue weighted by Gasteiger charge is 2.20. The van der Waals surface area contributed by atoms with E-state index in [0.717, 1.165) is 53.8 Å². The molecule has 0 amide bonds. The average Bonchev–Trinajstić information content (AvgIpc) is 2.65. The molecule has 1 fully saturated rings. The van der Waals surface area contributed by atoms with E-state index in [1.54, 1.807) is 0 Å². The Kier molecular flexibility index (Phi) is 10.5. The zero-order valence-corrected chi connectivity index (χ0v) is 19.0. The fraction of sp³-hybridized carbons (Fsp3) is 0.429. The van der Waals surface area contributed by atoms with Gasteiger partial charge in [0.2, 0.25) is 0 Å². The summed E-state index contributed by atoms with van der Waals surface area (Å²) < 4.78 is 18.8. The van der Waals surface area contributed by atoms with Crippen molar-refractivity contribution in [1.82, 2.24) is 4.90 Å². The monoisotopic (exact) mass is 464 g/mol. The zero-order chi connectivity index (χ0) is 19.4. The van der Waals surface area contributed by atoms with Crippen LogP contribution in [-0.4, -0.2) is 55.4 Å². The first-order chi connectivity index (χ1) is 12.9. The van der Waals surface area contributed by atoms with E-state index >= 15 is 0 Å². The molecule has 3 rings (SSSR count). The quantitative estimate of drug-likeness (QED) is 0.681. The molecule has 162 valence electrons. The Balaban J connectivity index is 0.00000210. The van der Waals surface area contributed by atoms with E-state index in [1.165, 1.54) is 12.1 Å². The van der Waals surface area contributed by atoms with E-state index < -0.39 is 6.10 Å². The van der Waals surface area contributed by atoms with Crippen LogP contribution in [0.4, 0.5) is 10.1 Å². The second kappa shape index (κ2) is 11.8. The van der Waals surface area contributed by atoms with Crippen LogP contribution in [0.1, 0.15) is 11.1 Å². The second-order valence-corrected chi connectivity index (χ2v) is 7.48. The van der Waals surface area contributed by atoms with Gasteiger partial charge in [0.05, 0.1) is 0 Å². The molecule has 1 saturated heterocycles. The predicted molar refractivity (Wildman–Crippen MR) is 122 cm³/mol. The third kappa shape index (κ3) is 7.19. The molecule has 1 N–H and O–H groups in total. The number of hydrogen-bond acceptors (Lipinski definition) is 4. The normalized spacial score (nSPS) is 15.3. The van der Waals surface area contributed by atoms with Crippen LogP contribution in [0.15, 0.2) is 36.4 Å². The smallest absolute Gasteiger partial charge is 0.123 e. The summed E-state index contributed by atoms with van der Waals surface area (Å²) in [6.45, 7) is 8.13. The van der Waals surface area contributed by atoms with Crippen LogP contribution in [0.25, 0.3) is 0 Å². The van der Waals surface area contributed by atoms with Crippen LogP contribution >= 0.6 is 36.4 Å². The zero-order valence-electron chi connectivity index (χ0n) is 16.6.